The number of rotatable bonds is 5. The number of fused-ring (bicyclic) bond motifs is 1. The van der Waals surface area contributed by atoms with Crippen LogP contribution in [0, 0.1) is 0 Å². The average Bonchev–Trinajstić information content (AvgIpc) is 3.13. The maximum Gasteiger partial charge on any atom is 0.331 e. The highest BCUT2D eigenvalue weighted by Crippen LogP contribution is 2.40. The highest BCUT2D eigenvalue weighted by molar-refractivity contribution is 5.94. The molecule has 1 amide bonds. The van der Waals surface area contributed by atoms with Crippen molar-refractivity contribution >= 4 is 17.6 Å². The summed E-state index contributed by atoms with van der Waals surface area (Å²) in [5, 5.41) is 0. The molecule has 2 atom stereocenters. The van der Waals surface area contributed by atoms with E-state index in [1.165, 1.54) is 18.4 Å². The van der Waals surface area contributed by atoms with E-state index in [0.717, 1.165) is 36.9 Å². The van der Waals surface area contributed by atoms with Gasteiger partial charge in [-0.05, 0) is 48.9 Å². The van der Waals surface area contributed by atoms with Crippen molar-refractivity contribution in [1.29, 1.82) is 0 Å². The van der Waals surface area contributed by atoms with Crippen molar-refractivity contribution in [3.8, 4) is 0 Å². The molecule has 1 saturated heterocycles. The van der Waals surface area contributed by atoms with Crippen LogP contribution in [-0.2, 0) is 20.7 Å². The molecule has 5 rings (SSSR count). The first kappa shape index (κ1) is 24.1. The zero-order valence-electron chi connectivity index (χ0n) is 21.1. The van der Waals surface area contributed by atoms with Crippen LogP contribution in [0.5, 0.6) is 0 Å². The van der Waals surface area contributed by atoms with Gasteiger partial charge in [-0.3, -0.25) is 4.79 Å². The van der Waals surface area contributed by atoms with E-state index in [-0.39, 0.29) is 17.9 Å². The highest BCUT2D eigenvalue weighted by Gasteiger charge is 2.53. The normalized spacial score (nSPS) is 21.7. The second kappa shape index (κ2) is 10.2. The Morgan fingerprint density at radius 3 is 2.14 bits per heavy atom. The molecule has 0 aliphatic carbocycles. The van der Waals surface area contributed by atoms with Crippen LogP contribution in [0.3, 0.4) is 0 Å². The molecular formula is C31H34N2O3. The van der Waals surface area contributed by atoms with Crippen LogP contribution in [0.15, 0.2) is 84.9 Å². The molecule has 0 bridgehead atoms. The highest BCUT2D eigenvalue weighted by atomic mass is 16.5. The Balaban J connectivity index is 1.54. The molecule has 5 heteroatoms. The predicted molar refractivity (Wildman–Crippen MR) is 142 cm³/mol. The summed E-state index contributed by atoms with van der Waals surface area (Å²) >= 11 is 0. The van der Waals surface area contributed by atoms with Crippen molar-refractivity contribution in [3.05, 3.63) is 102 Å². The zero-order chi connectivity index (χ0) is 25.1. The molecule has 0 radical (unpaired) electrons. The Kier molecular flexibility index (Phi) is 6.82. The van der Waals surface area contributed by atoms with E-state index in [1.54, 1.807) is 4.90 Å². The number of methoxy groups -OCH3 is 1. The van der Waals surface area contributed by atoms with Gasteiger partial charge in [-0.15, -0.1) is 0 Å². The van der Waals surface area contributed by atoms with Crippen LogP contribution in [0.1, 0.15) is 48.8 Å². The Morgan fingerprint density at radius 2 is 1.50 bits per heavy atom. The minimum absolute atomic E-state index is 0.0319. The third kappa shape index (κ3) is 4.39. The van der Waals surface area contributed by atoms with E-state index in [2.05, 4.69) is 29.2 Å². The van der Waals surface area contributed by atoms with E-state index in [1.807, 2.05) is 67.6 Å². The summed E-state index contributed by atoms with van der Waals surface area (Å²) in [6, 6.07) is 28.3. The second-order valence-electron chi connectivity index (χ2n) is 10.1. The standard InChI is InChI=1S/C31H34N2O3/c1-31(30(35)36-2)21-26(32-20-12-11-14-23-13-9-10-19-27(23)32)22-33(31)29(34)28(24-15-5-3-6-16-24)25-17-7-4-8-18-25/h3-10,13,15-19,26,28H,11-12,14,20-22H2,1-2H3/t26?,31-/m0/s1. The van der Waals surface area contributed by atoms with Crippen molar-refractivity contribution in [1.82, 2.24) is 4.90 Å². The maximum absolute atomic E-state index is 14.4. The minimum atomic E-state index is -1.04. The van der Waals surface area contributed by atoms with Gasteiger partial charge in [-0.2, -0.15) is 0 Å². The summed E-state index contributed by atoms with van der Waals surface area (Å²) in [7, 11) is 1.41. The lowest BCUT2D eigenvalue weighted by atomic mass is 9.88. The summed E-state index contributed by atoms with van der Waals surface area (Å²) in [6.45, 7) is 3.27. The largest absolute Gasteiger partial charge is 0.467 e. The Hall–Kier alpha value is -3.60. The molecule has 5 nitrogen and oxygen atoms in total. The molecule has 0 spiro atoms. The maximum atomic E-state index is 14.4. The van der Waals surface area contributed by atoms with Gasteiger partial charge < -0.3 is 14.5 Å². The smallest absolute Gasteiger partial charge is 0.331 e. The lowest BCUT2D eigenvalue weighted by molar-refractivity contribution is -0.158. The van der Waals surface area contributed by atoms with Crippen LogP contribution in [0.2, 0.25) is 0 Å². The fraction of sp³-hybridized carbons (Fsp3) is 0.355. The van der Waals surface area contributed by atoms with Crippen molar-refractivity contribution in [2.45, 2.75) is 50.1 Å². The number of para-hydroxylation sites is 1. The fourth-order valence-electron chi connectivity index (χ4n) is 6.03. The molecule has 2 heterocycles. The van der Waals surface area contributed by atoms with E-state index in [0.29, 0.717) is 13.0 Å². The number of hydrogen-bond acceptors (Lipinski definition) is 4. The van der Waals surface area contributed by atoms with E-state index in [9.17, 15) is 9.59 Å². The summed E-state index contributed by atoms with van der Waals surface area (Å²) in [6.07, 6.45) is 3.82. The molecule has 36 heavy (non-hydrogen) atoms. The number of hydrogen-bond donors (Lipinski definition) is 0. The molecule has 3 aromatic carbocycles. The Morgan fingerprint density at radius 1 is 0.889 bits per heavy atom. The van der Waals surface area contributed by atoms with Crippen LogP contribution < -0.4 is 4.90 Å². The number of amides is 1. The van der Waals surface area contributed by atoms with Crippen molar-refractivity contribution in [2.24, 2.45) is 0 Å². The third-order valence-corrected chi connectivity index (χ3v) is 7.86. The molecule has 0 N–H and O–H groups in total. The third-order valence-electron chi connectivity index (χ3n) is 7.86. The van der Waals surface area contributed by atoms with Gasteiger partial charge in [0, 0.05) is 31.2 Å². The lowest BCUT2D eigenvalue weighted by Crippen LogP contribution is -2.52. The number of carbonyl (C=O) groups is 2. The monoisotopic (exact) mass is 482 g/mol. The average molecular weight is 483 g/mol. The molecular weight excluding hydrogens is 448 g/mol. The molecule has 186 valence electrons. The quantitative estimate of drug-likeness (QED) is 0.470. The van der Waals surface area contributed by atoms with Gasteiger partial charge >= 0.3 is 5.97 Å². The van der Waals surface area contributed by atoms with Crippen LogP contribution in [0.25, 0.3) is 0 Å². The van der Waals surface area contributed by atoms with Gasteiger partial charge in [0.05, 0.1) is 13.0 Å². The molecule has 3 aromatic rings. The number of aryl methyl sites for hydroxylation is 1. The summed E-state index contributed by atoms with van der Waals surface area (Å²) in [4.78, 5) is 31.9. The fourth-order valence-corrected chi connectivity index (χ4v) is 6.03. The van der Waals surface area contributed by atoms with Crippen molar-refractivity contribution in [3.63, 3.8) is 0 Å². The number of anilines is 1. The number of ether oxygens (including phenoxy) is 1. The van der Waals surface area contributed by atoms with Gasteiger partial charge in [0.1, 0.15) is 5.54 Å². The van der Waals surface area contributed by atoms with Crippen LogP contribution in [0.4, 0.5) is 5.69 Å². The molecule has 2 aliphatic heterocycles. The van der Waals surface area contributed by atoms with Crippen LogP contribution in [-0.4, -0.2) is 48.6 Å². The minimum Gasteiger partial charge on any atom is -0.467 e. The van der Waals surface area contributed by atoms with Crippen molar-refractivity contribution in [2.75, 3.05) is 25.1 Å². The Labute approximate surface area is 213 Å². The van der Waals surface area contributed by atoms with Gasteiger partial charge in [-0.25, -0.2) is 4.79 Å². The number of benzene rings is 3. The van der Waals surface area contributed by atoms with Crippen LogP contribution >= 0.6 is 0 Å². The molecule has 2 aliphatic rings. The first-order valence-corrected chi connectivity index (χ1v) is 12.9. The molecule has 0 aromatic heterocycles. The van der Waals surface area contributed by atoms with Gasteiger partial charge in [-0.1, -0.05) is 78.9 Å². The van der Waals surface area contributed by atoms with Crippen molar-refractivity contribution < 1.29 is 14.3 Å². The van der Waals surface area contributed by atoms with E-state index >= 15 is 0 Å². The topological polar surface area (TPSA) is 49.9 Å². The lowest BCUT2D eigenvalue weighted by Gasteiger charge is -2.35. The summed E-state index contributed by atoms with van der Waals surface area (Å²) in [5.74, 6) is -0.918. The second-order valence-corrected chi connectivity index (χ2v) is 10.1. The van der Waals surface area contributed by atoms with Gasteiger partial charge in [0.2, 0.25) is 5.91 Å². The number of likely N-dealkylation sites (tertiary alicyclic amines) is 1. The van der Waals surface area contributed by atoms with E-state index in [4.69, 9.17) is 4.74 Å². The summed E-state index contributed by atoms with van der Waals surface area (Å²) in [5.41, 5.74) is 3.36. The first-order valence-electron chi connectivity index (χ1n) is 12.9. The molecule has 1 fully saturated rings. The molecule has 1 unspecified atom stereocenters. The molecule has 0 saturated carbocycles. The Bertz CT molecular complexity index is 1170. The number of carbonyl (C=O) groups excluding carboxylic acids is 2. The van der Waals surface area contributed by atoms with Gasteiger partial charge in [0.25, 0.3) is 0 Å². The SMILES string of the molecule is COC(=O)[C@]1(C)CC(N2CCCCc3ccccc32)CN1C(=O)C(c1ccccc1)c1ccccc1. The number of esters is 1. The first-order chi connectivity index (χ1) is 17.5. The predicted octanol–water partition coefficient (Wildman–Crippen LogP) is 5.19. The van der Waals surface area contributed by atoms with Gasteiger partial charge in [0.15, 0.2) is 0 Å². The zero-order valence-corrected chi connectivity index (χ0v) is 21.1. The number of nitrogens with zero attached hydrogens (tertiary/aromatic N) is 2. The summed E-state index contributed by atoms with van der Waals surface area (Å²) < 4.78 is 5.29. The van der Waals surface area contributed by atoms with E-state index < -0.39 is 11.5 Å².